The van der Waals surface area contributed by atoms with Gasteiger partial charge in [-0.3, -0.25) is 19.4 Å². The molecule has 2 atom stereocenters. The lowest BCUT2D eigenvalue weighted by molar-refractivity contribution is -0.125. The average Bonchev–Trinajstić information content (AvgIpc) is 3.63. The summed E-state index contributed by atoms with van der Waals surface area (Å²) in [6, 6.07) is 22.0. The van der Waals surface area contributed by atoms with E-state index in [9.17, 15) is 14.4 Å². The van der Waals surface area contributed by atoms with Gasteiger partial charge < -0.3 is 20.1 Å². The Labute approximate surface area is 253 Å². The SMILES string of the molecule is CC[C@@H](SC1=Nc2ccccc2C2=N[C@@H](CCC(=O)NCCc3ccccc3)C(=O)N12)C(=O)Nc1ccc2c(c1)OCO2. The summed E-state index contributed by atoms with van der Waals surface area (Å²) in [6.07, 6.45) is 1.69. The zero-order valence-corrected chi connectivity index (χ0v) is 24.4. The Balaban J connectivity index is 1.12. The molecule has 6 rings (SSSR count). The van der Waals surface area contributed by atoms with Crippen LogP contribution in [0.25, 0.3) is 0 Å². The fraction of sp³-hybridized carbons (Fsp3) is 0.281. The first-order valence-corrected chi connectivity index (χ1v) is 15.2. The molecule has 0 aliphatic carbocycles. The third-order valence-electron chi connectivity index (χ3n) is 7.32. The first-order chi connectivity index (χ1) is 21.0. The van der Waals surface area contributed by atoms with Gasteiger partial charge in [0.1, 0.15) is 11.9 Å². The summed E-state index contributed by atoms with van der Waals surface area (Å²) in [7, 11) is 0. The lowest BCUT2D eigenvalue weighted by Gasteiger charge is -2.27. The van der Waals surface area contributed by atoms with Gasteiger partial charge in [0.2, 0.25) is 18.6 Å². The predicted octanol–water partition coefficient (Wildman–Crippen LogP) is 4.66. The molecular formula is C32H31N5O5S. The van der Waals surface area contributed by atoms with E-state index in [0.29, 0.717) is 46.8 Å². The first kappa shape index (κ1) is 28.5. The Bertz CT molecular complexity index is 1610. The van der Waals surface area contributed by atoms with E-state index < -0.39 is 11.3 Å². The molecule has 3 aliphatic rings. The fourth-order valence-corrected chi connectivity index (χ4v) is 6.08. The Morgan fingerprint density at radius 2 is 1.84 bits per heavy atom. The van der Waals surface area contributed by atoms with Crippen LogP contribution < -0.4 is 20.1 Å². The van der Waals surface area contributed by atoms with Crippen molar-refractivity contribution in [1.82, 2.24) is 10.2 Å². The molecule has 220 valence electrons. The van der Waals surface area contributed by atoms with Gasteiger partial charge >= 0.3 is 0 Å². The average molecular weight is 598 g/mol. The van der Waals surface area contributed by atoms with Gasteiger partial charge in [0.25, 0.3) is 5.91 Å². The Hall–Kier alpha value is -4.64. The smallest absolute Gasteiger partial charge is 0.259 e. The number of carbonyl (C=O) groups excluding carboxylic acids is 3. The van der Waals surface area contributed by atoms with Crippen molar-refractivity contribution in [1.29, 1.82) is 0 Å². The van der Waals surface area contributed by atoms with E-state index >= 15 is 0 Å². The predicted molar refractivity (Wildman–Crippen MR) is 166 cm³/mol. The van der Waals surface area contributed by atoms with Crippen LogP contribution in [0.2, 0.25) is 0 Å². The molecule has 3 aromatic rings. The lowest BCUT2D eigenvalue weighted by Crippen LogP contribution is -2.42. The van der Waals surface area contributed by atoms with Gasteiger partial charge in [0.05, 0.1) is 10.9 Å². The van der Waals surface area contributed by atoms with Crippen molar-refractivity contribution in [2.24, 2.45) is 9.98 Å². The van der Waals surface area contributed by atoms with Crippen LogP contribution in [0.5, 0.6) is 11.5 Å². The molecule has 0 unspecified atom stereocenters. The molecule has 0 fully saturated rings. The number of nitrogens with zero attached hydrogens (tertiary/aromatic N) is 3. The van der Waals surface area contributed by atoms with Crippen molar-refractivity contribution in [3.63, 3.8) is 0 Å². The molecule has 3 amide bonds. The number of amides is 3. The normalized spacial score (nSPS) is 17.0. The van der Waals surface area contributed by atoms with Gasteiger partial charge in [0.15, 0.2) is 16.7 Å². The number of amidine groups is 2. The van der Waals surface area contributed by atoms with Crippen molar-refractivity contribution in [2.45, 2.75) is 43.9 Å². The van der Waals surface area contributed by atoms with Crippen LogP contribution in [0.1, 0.15) is 37.3 Å². The Morgan fingerprint density at radius 1 is 1.05 bits per heavy atom. The van der Waals surface area contributed by atoms with Gasteiger partial charge in [-0.2, -0.15) is 0 Å². The Kier molecular flexibility index (Phi) is 8.41. The maximum atomic E-state index is 13.7. The highest BCUT2D eigenvalue weighted by molar-refractivity contribution is 8.15. The number of benzene rings is 3. The van der Waals surface area contributed by atoms with Crippen LogP contribution in [0.3, 0.4) is 0 Å². The van der Waals surface area contributed by atoms with E-state index in [1.165, 1.54) is 16.7 Å². The van der Waals surface area contributed by atoms with E-state index in [1.807, 2.05) is 61.5 Å². The minimum atomic E-state index is -0.714. The van der Waals surface area contributed by atoms with Crippen LogP contribution in [-0.4, -0.2) is 58.3 Å². The quantitative estimate of drug-likeness (QED) is 0.351. The maximum Gasteiger partial charge on any atom is 0.259 e. The van der Waals surface area contributed by atoms with Crippen LogP contribution in [0, 0.1) is 0 Å². The largest absolute Gasteiger partial charge is 0.454 e. The number of carbonyl (C=O) groups is 3. The topological polar surface area (TPSA) is 122 Å². The molecule has 0 radical (unpaired) electrons. The third kappa shape index (κ3) is 6.26. The lowest BCUT2D eigenvalue weighted by atomic mass is 10.1. The second-order valence-corrected chi connectivity index (χ2v) is 11.4. The van der Waals surface area contributed by atoms with Crippen molar-refractivity contribution >= 4 is 51.9 Å². The molecule has 10 nitrogen and oxygen atoms in total. The number of aliphatic imine (C=N–C) groups is 2. The van der Waals surface area contributed by atoms with E-state index in [-0.39, 0.29) is 37.4 Å². The van der Waals surface area contributed by atoms with Crippen molar-refractivity contribution < 1.29 is 23.9 Å². The van der Waals surface area contributed by atoms with Gasteiger partial charge in [-0.05, 0) is 49.1 Å². The van der Waals surface area contributed by atoms with Crippen LogP contribution in [0.15, 0.2) is 82.8 Å². The third-order valence-corrected chi connectivity index (χ3v) is 8.64. The molecule has 0 bridgehead atoms. The van der Waals surface area contributed by atoms with Gasteiger partial charge in [-0.1, -0.05) is 61.2 Å². The molecular weight excluding hydrogens is 566 g/mol. The Morgan fingerprint density at radius 3 is 2.67 bits per heavy atom. The summed E-state index contributed by atoms with van der Waals surface area (Å²) in [5.41, 5.74) is 3.16. The zero-order valence-electron chi connectivity index (χ0n) is 23.6. The maximum absolute atomic E-state index is 13.7. The zero-order chi connectivity index (χ0) is 29.8. The number of thioether (sulfide) groups is 1. The number of hydrogen-bond acceptors (Lipinski definition) is 8. The highest BCUT2D eigenvalue weighted by Crippen LogP contribution is 2.37. The molecule has 0 aromatic heterocycles. The summed E-state index contributed by atoms with van der Waals surface area (Å²) >= 11 is 1.22. The molecule has 3 aliphatic heterocycles. The van der Waals surface area contributed by atoms with Crippen molar-refractivity contribution in [3.05, 3.63) is 83.9 Å². The minimum Gasteiger partial charge on any atom is -0.454 e. The molecule has 43 heavy (non-hydrogen) atoms. The van der Waals surface area contributed by atoms with Gasteiger partial charge in [-0.15, -0.1) is 0 Å². The van der Waals surface area contributed by atoms with E-state index in [4.69, 9.17) is 19.5 Å². The number of fused-ring (bicyclic) bond motifs is 4. The summed E-state index contributed by atoms with van der Waals surface area (Å²) < 4.78 is 10.8. The number of para-hydroxylation sites is 1. The molecule has 0 spiro atoms. The molecule has 2 N–H and O–H groups in total. The fourth-order valence-electron chi connectivity index (χ4n) is 5.06. The second kappa shape index (κ2) is 12.7. The summed E-state index contributed by atoms with van der Waals surface area (Å²) in [5.74, 6) is 1.11. The highest BCUT2D eigenvalue weighted by atomic mass is 32.2. The van der Waals surface area contributed by atoms with Crippen molar-refractivity contribution in [2.75, 3.05) is 18.7 Å². The summed E-state index contributed by atoms with van der Waals surface area (Å²) in [4.78, 5) is 50.6. The molecule has 0 saturated carbocycles. The number of rotatable bonds is 10. The number of anilines is 1. The monoisotopic (exact) mass is 597 g/mol. The highest BCUT2D eigenvalue weighted by Gasteiger charge is 2.42. The molecule has 3 heterocycles. The van der Waals surface area contributed by atoms with Gasteiger partial charge in [-0.25, -0.2) is 9.89 Å². The van der Waals surface area contributed by atoms with E-state index in [0.717, 1.165) is 17.5 Å². The standard InChI is InChI=1S/C32H31N5O5S/c1-2-27(30(39)34-21-12-14-25-26(18-21)42-19-41-25)43-32-36-23-11-7-6-10-22(23)29-35-24(31(40)37(29)32)13-15-28(38)33-17-16-20-8-4-3-5-9-20/h3-12,14,18,24,27H,2,13,15-17,19H2,1H3,(H,33,38)(H,34,39)/t24-,27+/m0/s1. The van der Waals surface area contributed by atoms with Crippen molar-refractivity contribution in [3.8, 4) is 11.5 Å². The number of ether oxygens (including phenoxy) is 2. The first-order valence-electron chi connectivity index (χ1n) is 14.3. The molecule has 0 saturated heterocycles. The summed E-state index contributed by atoms with van der Waals surface area (Å²) in [6.45, 7) is 2.58. The van der Waals surface area contributed by atoms with E-state index in [1.54, 1.807) is 18.2 Å². The van der Waals surface area contributed by atoms with Crippen LogP contribution in [0.4, 0.5) is 11.4 Å². The number of nitrogens with one attached hydrogen (secondary N) is 2. The van der Waals surface area contributed by atoms with Crippen LogP contribution >= 0.6 is 11.8 Å². The van der Waals surface area contributed by atoms with E-state index in [2.05, 4.69) is 10.6 Å². The number of hydrogen-bond donors (Lipinski definition) is 2. The van der Waals surface area contributed by atoms with Crippen LogP contribution in [-0.2, 0) is 20.8 Å². The second-order valence-electron chi connectivity index (χ2n) is 10.2. The minimum absolute atomic E-state index is 0.122. The summed E-state index contributed by atoms with van der Waals surface area (Å²) in [5, 5.41) is 5.74. The molecule has 11 heteroatoms. The molecule has 3 aromatic carbocycles. The van der Waals surface area contributed by atoms with Gasteiger partial charge in [0, 0.05) is 30.3 Å².